The third kappa shape index (κ3) is 7.81. The lowest BCUT2D eigenvalue weighted by molar-refractivity contribution is -0.174. The average molecular weight is 281 g/mol. The molecule has 0 fully saturated rings. The van der Waals surface area contributed by atoms with Crippen LogP contribution in [-0.4, -0.2) is 49.4 Å². The molecule has 0 unspecified atom stereocenters. The van der Waals surface area contributed by atoms with Gasteiger partial charge in [0.05, 0.1) is 25.5 Å². The van der Waals surface area contributed by atoms with Crippen LogP contribution >= 0.6 is 0 Å². The van der Waals surface area contributed by atoms with Crippen LogP contribution in [0.5, 0.6) is 0 Å². The maximum Gasteiger partial charge on any atom is 0.411 e. The van der Waals surface area contributed by atoms with Crippen LogP contribution in [0.15, 0.2) is 12.3 Å². The first kappa shape index (κ1) is 15.9. The maximum atomic E-state index is 11.8. The van der Waals surface area contributed by atoms with Gasteiger partial charge in [0.15, 0.2) is 0 Å². The summed E-state index contributed by atoms with van der Waals surface area (Å²) < 4.78 is 46.4. The highest BCUT2D eigenvalue weighted by Gasteiger charge is 2.27. The summed E-state index contributed by atoms with van der Waals surface area (Å²) in [7, 11) is 1.62. The van der Waals surface area contributed by atoms with Gasteiger partial charge in [0.1, 0.15) is 6.61 Å². The van der Waals surface area contributed by atoms with Gasteiger partial charge in [-0.25, -0.2) is 0 Å². The molecule has 1 heterocycles. The van der Waals surface area contributed by atoms with Crippen molar-refractivity contribution in [2.75, 3.05) is 33.5 Å². The van der Waals surface area contributed by atoms with Gasteiger partial charge in [0.2, 0.25) is 0 Å². The van der Waals surface area contributed by atoms with Crippen molar-refractivity contribution >= 4 is 0 Å². The summed E-state index contributed by atoms with van der Waals surface area (Å²) in [6.45, 7) is 0.995. The molecule has 8 heteroatoms. The normalized spacial score (nSPS) is 12.0. The molecular formula is C11H18F3N3O2. The summed E-state index contributed by atoms with van der Waals surface area (Å²) in [5.41, 5.74) is 0.826. The van der Waals surface area contributed by atoms with Crippen molar-refractivity contribution in [3.63, 3.8) is 0 Å². The molecule has 0 bridgehead atoms. The van der Waals surface area contributed by atoms with Crippen LogP contribution in [0.2, 0.25) is 0 Å². The Morgan fingerprint density at radius 3 is 2.84 bits per heavy atom. The molecule has 0 amide bonds. The largest absolute Gasteiger partial charge is 0.411 e. The summed E-state index contributed by atoms with van der Waals surface area (Å²) >= 11 is 0. The quantitative estimate of drug-likeness (QED) is 0.691. The molecule has 1 rings (SSSR count). The molecule has 0 saturated heterocycles. The van der Waals surface area contributed by atoms with E-state index in [9.17, 15) is 13.2 Å². The van der Waals surface area contributed by atoms with E-state index in [0.717, 1.165) is 12.2 Å². The molecule has 0 aromatic carbocycles. The van der Waals surface area contributed by atoms with Crippen LogP contribution in [0.1, 0.15) is 5.69 Å². The molecule has 0 spiro atoms. The molecule has 0 aliphatic rings. The van der Waals surface area contributed by atoms with Gasteiger partial charge in [-0.05, 0) is 6.07 Å². The molecule has 1 aromatic heterocycles. The van der Waals surface area contributed by atoms with Gasteiger partial charge < -0.3 is 14.8 Å². The van der Waals surface area contributed by atoms with Crippen molar-refractivity contribution in [1.82, 2.24) is 15.1 Å². The minimum absolute atomic E-state index is 0.0161. The lowest BCUT2D eigenvalue weighted by Crippen LogP contribution is -2.20. The second-order valence-electron chi connectivity index (χ2n) is 3.91. The molecule has 0 aliphatic carbocycles. The topological polar surface area (TPSA) is 48.3 Å². The molecule has 0 atom stereocenters. The van der Waals surface area contributed by atoms with Crippen molar-refractivity contribution in [2.45, 2.75) is 19.3 Å². The third-order valence-electron chi connectivity index (χ3n) is 2.22. The monoisotopic (exact) mass is 281 g/mol. The first-order valence-electron chi connectivity index (χ1n) is 5.88. The Labute approximate surface area is 109 Å². The first-order valence-corrected chi connectivity index (χ1v) is 5.88. The minimum atomic E-state index is -4.28. The standard InChI is InChI=1S/C11H18F3N3O2/c1-18-6-3-15-8-10-2-4-17(16-10)5-7-19-9-11(12,13)14/h2,4,15H,3,5-9H2,1H3. The average Bonchev–Trinajstić information content (AvgIpc) is 2.77. The zero-order chi connectivity index (χ0) is 14.1. The summed E-state index contributed by atoms with van der Waals surface area (Å²) in [6, 6.07) is 1.81. The number of hydrogen-bond donors (Lipinski definition) is 1. The Kier molecular flexibility index (Phi) is 6.82. The molecule has 0 saturated carbocycles. The van der Waals surface area contributed by atoms with E-state index >= 15 is 0 Å². The number of rotatable bonds is 9. The van der Waals surface area contributed by atoms with Crippen LogP contribution in [-0.2, 0) is 22.6 Å². The maximum absolute atomic E-state index is 11.8. The van der Waals surface area contributed by atoms with Crippen molar-refractivity contribution < 1.29 is 22.6 Å². The van der Waals surface area contributed by atoms with Gasteiger partial charge in [0.25, 0.3) is 0 Å². The highest BCUT2D eigenvalue weighted by Crippen LogP contribution is 2.14. The van der Waals surface area contributed by atoms with Crippen molar-refractivity contribution in [1.29, 1.82) is 0 Å². The van der Waals surface area contributed by atoms with Gasteiger partial charge >= 0.3 is 6.18 Å². The van der Waals surface area contributed by atoms with E-state index in [0.29, 0.717) is 19.7 Å². The smallest absolute Gasteiger partial charge is 0.383 e. The van der Waals surface area contributed by atoms with Crippen molar-refractivity contribution in [3.05, 3.63) is 18.0 Å². The molecule has 1 N–H and O–H groups in total. The zero-order valence-electron chi connectivity index (χ0n) is 10.7. The Bertz CT molecular complexity index is 355. The van der Waals surface area contributed by atoms with Gasteiger partial charge in [-0.15, -0.1) is 0 Å². The van der Waals surface area contributed by atoms with Crippen LogP contribution in [0.25, 0.3) is 0 Å². The molecule has 110 valence electrons. The Balaban J connectivity index is 2.16. The SMILES string of the molecule is COCCNCc1ccn(CCOCC(F)(F)F)n1. The fourth-order valence-electron chi connectivity index (χ4n) is 1.36. The molecule has 5 nitrogen and oxygen atoms in total. The van der Waals surface area contributed by atoms with Crippen LogP contribution in [0.3, 0.4) is 0 Å². The van der Waals surface area contributed by atoms with E-state index < -0.39 is 12.8 Å². The van der Waals surface area contributed by atoms with E-state index in [2.05, 4.69) is 15.2 Å². The molecule has 0 radical (unpaired) electrons. The molecule has 1 aromatic rings. The van der Waals surface area contributed by atoms with E-state index in [4.69, 9.17) is 4.74 Å². The van der Waals surface area contributed by atoms with Crippen molar-refractivity contribution in [3.8, 4) is 0 Å². The van der Waals surface area contributed by atoms with Crippen molar-refractivity contribution in [2.24, 2.45) is 0 Å². The summed E-state index contributed by atoms with van der Waals surface area (Å²) in [6.07, 6.45) is -2.56. The minimum Gasteiger partial charge on any atom is -0.383 e. The third-order valence-corrected chi connectivity index (χ3v) is 2.22. The van der Waals surface area contributed by atoms with Gasteiger partial charge in [0, 0.05) is 26.4 Å². The van der Waals surface area contributed by atoms with Crippen LogP contribution in [0, 0.1) is 0 Å². The number of aromatic nitrogens is 2. The van der Waals surface area contributed by atoms with E-state index in [1.807, 2.05) is 6.07 Å². The second-order valence-corrected chi connectivity index (χ2v) is 3.91. The highest BCUT2D eigenvalue weighted by molar-refractivity contribution is 4.98. The summed E-state index contributed by atoms with van der Waals surface area (Å²) in [5, 5.41) is 7.32. The molecule has 19 heavy (non-hydrogen) atoms. The first-order chi connectivity index (χ1) is 9.01. The number of ether oxygens (including phenoxy) is 2. The van der Waals surface area contributed by atoms with Crippen LogP contribution in [0.4, 0.5) is 13.2 Å². The van der Waals surface area contributed by atoms with Gasteiger partial charge in [-0.2, -0.15) is 18.3 Å². The number of methoxy groups -OCH3 is 1. The lowest BCUT2D eigenvalue weighted by atomic mass is 10.4. The fraction of sp³-hybridized carbons (Fsp3) is 0.727. The highest BCUT2D eigenvalue weighted by atomic mass is 19.4. The Morgan fingerprint density at radius 2 is 2.16 bits per heavy atom. The van der Waals surface area contributed by atoms with Gasteiger partial charge in [-0.3, -0.25) is 4.68 Å². The van der Waals surface area contributed by atoms with Gasteiger partial charge in [-0.1, -0.05) is 0 Å². The van der Waals surface area contributed by atoms with E-state index in [1.165, 1.54) is 0 Å². The predicted octanol–water partition coefficient (Wildman–Crippen LogP) is 1.20. The second kappa shape index (κ2) is 8.13. The Hall–Kier alpha value is -1.12. The summed E-state index contributed by atoms with van der Waals surface area (Å²) in [5.74, 6) is 0. The number of nitrogens with zero attached hydrogens (tertiary/aromatic N) is 2. The van der Waals surface area contributed by atoms with E-state index in [1.54, 1.807) is 18.0 Å². The number of nitrogens with one attached hydrogen (secondary N) is 1. The lowest BCUT2D eigenvalue weighted by Gasteiger charge is -2.07. The zero-order valence-corrected chi connectivity index (χ0v) is 10.7. The summed E-state index contributed by atoms with van der Waals surface area (Å²) in [4.78, 5) is 0. The number of halogens is 3. The number of alkyl halides is 3. The molecule has 0 aliphatic heterocycles. The number of hydrogen-bond acceptors (Lipinski definition) is 4. The van der Waals surface area contributed by atoms with Crippen LogP contribution < -0.4 is 5.32 Å². The molecular weight excluding hydrogens is 263 g/mol. The predicted molar refractivity (Wildman–Crippen MR) is 62.7 cm³/mol. The Morgan fingerprint density at radius 1 is 1.37 bits per heavy atom. The fourth-order valence-corrected chi connectivity index (χ4v) is 1.36. The van der Waals surface area contributed by atoms with E-state index in [-0.39, 0.29) is 6.61 Å².